The molecule has 19 heavy (non-hydrogen) atoms. The average Bonchev–Trinajstić information content (AvgIpc) is 2.92. The van der Waals surface area contributed by atoms with Crippen molar-refractivity contribution < 1.29 is 14.7 Å². The maximum absolute atomic E-state index is 11.8. The number of hydrogen-bond acceptors (Lipinski definition) is 4. The quantitative estimate of drug-likeness (QED) is 0.882. The van der Waals surface area contributed by atoms with Crippen LogP contribution < -0.4 is 5.32 Å². The number of amides is 1. The molecule has 2 N–H and O–H groups in total. The van der Waals surface area contributed by atoms with Gasteiger partial charge in [0.05, 0.1) is 10.7 Å². The zero-order valence-corrected chi connectivity index (χ0v) is 11.3. The molecule has 7 heteroatoms. The van der Waals surface area contributed by atoms with Gasteiger partial charge in [-0.05, 0) is 13.0 Å². The minimum Gasteiger partial charge on any atom is -0.480 e. The van der Waals surface area contributed by atoms with Gasteiger partial charge in [-0.15, -0.1) is 11.3 Å². The molecule has 2 heterocycles. The van der Waals surface area contributed by atoms with E-state index in [0.29, 0.717) is 5.69 Å². The van der Waals surface area contributed by atoms with Gasteiger partial charge in [0.2, 0.25) is 0 Å². The number of thiazole rings is 1. The first-order valence-electron chi connectivity index (χ1n) is 5.56. The fourth-order valence-electron chi connectivity index (χ4n) is 1.67. The van der Waals surface area contributed by atoms with Crippen LogP contribution in [0.3, 0.4) is 0 Å². The molecule has 0 fully saturated rings. The summed E-state index contributed by atoms with van der Waals surface area (Å²) in [4.78, 5) is 26.6. The molecule has 6 nitrogen and oxygen atoms in total. The standard InChI is InChI=1S/C12H13N3O3S/c1-7-14-9(6-19-7)8-3-10(15(2)5-8)12(18)13-4-11(16)17/h3,5-6H,4H2,1-2H3,(H,13,18)(H,16,17). The molecule has 0 aromatic carbocycles. The van der Waals surface area contributed by atoms with Gasteiger partial charge in [-0.3, -0.25) is 9.59 Å². The summed E-state index contributed by atoms with van der Waals surface area (Å²) >= 11 is 1.54. The van der Waals surface area contributed by atoms with E-state index in [-0.39, 0.29) is 0 Å². The van der Waals surface area contributed by atoms with Crippen LogP contribution in [0.4, 0.5) is 0 Å². The topological polar surface area (TPSA) is 84.2 Å². The van der Waals surface area contributed by atoms with Crippen molar-refractivity contribution in [1.29, 1.82) is 0 Å². The highest BCUT2D eigenvalue weighted by Gasteiger charge is 2.14. The third kappa shape index (κ3) is 3.00. The number of aromatic nitrogens is 2. The van der Waals surface area contributed by atoms with E-state index in [1.807, 2.05) is 12.3 Å². The Morgan fingerprint density at radius 2 is 2.26 bits per heavy atom. The van der Waals surface area contributed by atoms with Crippen LogP contribution in [0.25, 0.3) is 11.3 Å². The van der Waals surface area contributed by atoms with E-state index in [9.17, 15) is 9.59 Å². The molecule has 0 aliphatic rings. The zero-order chi connectivity index (χ0) is 14.0. The molecule has 1 amide bonds. The number of carbonyl (C=O) groups is 2. The van der Waals surface area contributed by atoms with Gasteiger partial charge in [-0.2, -0.15) is 0 Å². The summed E-state index contributed by atoms with van der Waals surface area (Å²) in [6.45, 7) is 1.52. The van der Waals surface area contributed by atoms with Crippen LogP contribution in [0.1, 0.15) is 15.5 Å². The van der Waals surface area contributed by atoms with Crippen molar-refractivity contribution in [3.8, 4) is 11.3 Å². The van der Waals surface area contributed by atoms with E-state index >= 15 is 0 Å². The van der Waals surface area contributed by atoms with Crippen molar-refractivity contribution in [3.63, 3.8) is 0 Å². The molecule has 2 rings (SSSR count). The monoisotopic (exact) mass is 279 g/mol. The van der Waals surface area contributed by atoms with Gasteiger partial charge in [0.1, 0.15) is 12.2 Å². The lowest BCUT2D eigenvalue weighted by atomic mass is 10.2. The number of nitrogens with zero attached hydrogens (tertiary/aromatic N) is 2. The van der Waals surface area contributed by atoms with E-state index in [1.165, 1.54) is 11.3 Å². The molecule has 0 radical (unpaired) electrons. The lowest BCUT2D eigenvalue weighted by Gasteiger charge is -2.02. The van der Waals surface area contributed by atoms with E-state index < -0.39 is 18.4 Å². The summed E-state index contributed by atoms with van der Waals surface area (Å²) < 4.78 is 1.65. The number of carboxylic acids is 1. The zero-order valence-electron chi connectivity index (χ0n) is 10.5. The maximum Gasteiger partial charge on any atom is 0.322 e. The van der Waals surface area contributed by atoms with Crippen LogP contribution in [0.15, 0.2) is 17.6 Å². The average molecular weight is 279 g/mol. The summed E-state index contributed by atoms with van der Waals surface area (Å²) in [5, 5.41) is 13.7. The smallest absolute Gasteiger partial charge is 0.322 e. The Bertz CT molecular complexity index is 630. The summed E-state index contributed by atoms with van der Waals surface area (Å²) in [7, 11) is 1.73. The number of carboxylic acid groups (broad SMARTS) is 1. The van der Waals surface area contributed by atoms with Gasteiger partial charge < -0.3 is 15.0 Å². The van der Waals surface area contributed by atoms with Crippen LogP contribution in [0.2, 0.25) is 0 Å². The van der Waals surface area contributed by atoms with Crippen molar-refractivity contribution in [2.45, 2.75) is 6.92 Å². The molecule has 0 saturated heterocycles. The highest BCUT2D eigenvalue weighted by atomic mass is 32.1. The third-order valence-corrected chi connectivity index (χ3v) is 3.33. The molecular weight excluding hydrogens is 266 g/mol. The molecule has 100 valence electrons. The molecule has 0 aliphatic heterocycles. The number of aliphatic carboxylic acids is 1. The van der Waals surface area contributed by atoms with Crippen LogP contribution in [-0.2, 0) is 11.8 Å². The molecule has 0 aliphatic carbocycles. The van der Waals surface area contributed by atoms with Crippen molar-refractivity contribution in [1.82, 2.24) is 14.9 Å². The van der Waals surface area contributed by atoms with Crippen LogP contribution in [-0.4, -0.2) is 33.1 Å². The molecule has 2 aromatic rings. The maximum atomic E-state index is 11.8. The van der Waals surface area contributed by atoms with E-state index in [1.54, 1.807) is 23.9 Å². The Labute approximate surface area is 113 Å². The number of aryl methyl sites for hydroxylation is 2. The second kappa shape index (κ2) is 5.23. The fourth-order valence-corrected chi connectivity index (χ4v) is 2.29. The SMILES string of the molecule is Cc1nc(-c2cc(C(=O)NCC(=O)O)n(C)c2)cs1. The van der Waals surface area contributed by atoms with Crippen molar-refractivity contribution in [3.05, 3.63) is 28.3 Å². The van der Waals surface area contributed by atoms with Gasteiger partial charge in [-0.25, -0.2) is 4.98 Å². The van der Waals surface area contributed by atoms with Gasteiger partial charge in [-0.1, -0.05) is 0 Å². The summed E-state index contributed by atoms with van der Waals surface area (Å²) in [6, 6.07) is 1.70. The summed E-state index contributed by atoms with van der Waals surface area (Å²) in [5.74, 6) is -1.49. The van der Waals surface area contributed by atoms with E-state index in [4.69, 9.17) is 5.11 Å². The Morgan fingerprint density at radius 1 is 1.53 bits per heavy atom. The molecule has 0 saturated carbocycles. The van der Waals surface area contributed by atoms with Crippen LogP contribution in [0, 0.1) is 6.92 Å². The second-order valence-electron chi connectivity index (χ2n) is 4.05. The number of carbonyl (C=O) groups excluding carboxylic acids is 1. The Balaban J connectivity index is 2.21. The molecule has 0 atom stereocenters. The molecule has 0 bridgehead atoms. The normalized spacial score (nSPS) is 10.4. The van der Waals surface area contributed by atoms with Gasteiger partial charge in [0.15, 0.2) is 0 Å². The largest absolute Gasteiger partial charge is 0.480 e. The van der Waals surface area contributed by atoms with E-state index in [2.05, 4.69) is 10.3 Å². The van der Waals surface area contributed by atoms with Gasteiger partial charge in [0, 0.05) is 24.2 Å². The number of hydrogen-bond donors (Lipinski definition) is 2. The first kappa shape index (κ1) is 13.3. The van der Waals surface area contributed by atoms with Crippen molar-refractivity contribution in [2.75, 3.05) is 6.54 Å². The van der Waals surface area contributed by atoms with Gasteiger partial charge >= 0.3 is 5.97 Å². The molecular formula is C12H13N3O3S. The minimum absolute atomic E-state index is 0.394. The summed E-state index contributed by atoms with van der Waals surface area (Å²) in [6.07, 6.45) is 1.80. The van der Waals surface area contributed by atoms with E-state index in [0.717, 1.165) is 16.3 Å². The Kier molecular flexibility index (Phi) is 3.66. The first-order valence-corrected chi connectivity index (χ1v) is 6.44. The Hall–Kier alpha value is -2.15. The number of rotatable bonds is 4. The second-order valence-corrected chi connectivity index (χ2v) is 5.12. The van der Waals surface area contributed by atoms with Crippen molar-refractivity contribution in [2.24, 2.45) is 7.05 Å². The third-order valence-electron chi connectivity index (χ3n) is 2.55. The lowest BCUT2D eigenvalue weighted by Crippen LogP contribution is -2.30. The molecule has 0 spiro atoms. The molecule has 2 aromatic heterocycles. The minimum atomic E-state index is -1.07. The lowest BCUT2D eigenvalue weighted by molar-refractivity contribution is -0.135. The predicted octanol–water partition coefficient (Wildman–Crippen LogP) is 1.27. The van der Waals surface area contributed by atoms with Crippen LogP contribution in [0.5, 0.6) is 0 Å². The fraction of sp³-hybridized carbons (Fsp3) is 0.250. The first-order chi connectivity index (χ1) is 8.97. The molecule has 0 unspecified atom stereocenters. The van der Waals surface area contributed by atoms with Gasteiger partial charge in [0.25, 0.3) is 5.91 Å². The highest BCUT2D eigenvalue weighted by Crippen LogP contribution is 2.23. The predicted molar refractivity (Wildman–Crippen MR) is 71.2 cm³/mol. The van der Waals surface area contributed by atoms with Crippen molar-refractivity contribution >= 4 is 23.2 Å². The highest BCUT2D eigenvalue weighted by molar-refractivity contribution is 7.09. The Morgan fingerprint density at radius 3 is 2.84 bits per heavy atom. The number of nitrogens with one attached hydrogen (secondary N) is 1. The van der Waals surface area contributed by atoms with Crippen LogP contribution >= 0.6 is 11.3 Å². The summed E-state index contributed by atoms with van der Waals surface area (Å²) in [5.41, 5.74) is 2.06.